The van der Waals surface area contributed by atoms with Gasteiger partial charge in [0.1, 0.15) is 0 Å². The van der Waals surface area contributed by atoms with Gasteiger partial charge in [0.05, 0.1) is 22.7 Å². The Balaban J connectivity index is 1.80. The van der Waals surface area contributed by atoms with Crippen molar-refractivity contribution in [1.82, 2.24) is 9.88 Å². The maximum absolute atomic E-state index is 12.7. The molecule has 0 unspecified atom stereocenters. The normalized spacial score (nSPS) is 15.0. The molecule has 4 nitrogen and oxygen atoms in total. The summed E-state index contributed by atoms with van der Waals surface area (Å²) in [6.45, 7) is 3.79. The van der Waals surface area contributed by atoms with Crippen LogP contribution in [0.5, 0.6) is 0 Å². The Bertz CT molecular complexity index is 959. The van der Waals surface area contributed by atoms with Crippen LogP contribution in [0, 0.1) is 6.92 Å². The first kappa shape index (κ1) is 14.6. The summed E-state index contributed by atoms with van der Waals surface area (Å²) in [6, 6.07) is 16.5. The molecule has 0 fully saturated rings. The van der Waals surface area contributed by atoms with E-state index >= 15 is 0 Å². The van der Waals surface area contributed by atoms with Gasteiger partial charge in [-0.05, 0) is 43.7 Å². The average Bonchev–Trinajstić information content (AvgIpc) is 2.85. The van der Waals surface area contributed by atoms with E-state index in [9.17, 15) is 9.59 Å². The molecule has 0 aliphatic carbocycles. The molecule has 2 heterocycles. The second-order valence-corrected chi connectivity index (χ2v) is 6.06. The maximum atomic E-state index is 12.7. The Morgan fingerprint density at radius 3 is 2.17 bits per heavy atom. The van der Waals surface area contributed by atoms with Crippen molar-refractivity contribution in [2.24, 2.45) is 0 Å². The van der Waals surface area contributed by atoms with Gasteiger partial charge in [0.2, 0.25) is 0 Å². The number of amides is 2. The van der Waals surface area contributed by atoms with Gasteiger partial charge in [0.25, 0.3) is 11.8 Å². The monoisotopic (exact) mass is 316 g/mol. The third-order valence-corrected chi connectivity index (χ3v) is 4.62. The predicted octanol–water partition coefficient (Wildman–Crippen LogP) is 3.90. The molecule has 0 N–H and O–H groups in total. The first-order chi connectivity index (χ1) is 11.6. The standard InChI is InChI=1S/C20H16N2O2/c1-12-17(11-14-7-3-6-10-18(14)21-12)13(2)22-19(23)15-8-4-5-9-16(15)20(22)24/h3-11,13H,1-2H3/t13-/m0/s1. The minimum absolute atomic E-state index is 0.240. The molecule has 2 amide bonds. The molecule has 118 valence electrons. The van der Waals surface area contributed by atoms with Gasteiger partial charge < -0.3 is 0 Å². The van der Waals surface area contributed by atoms with Crippen LogP contribution in [0.4, 0.5) is 0 Å². The SMILES string of the molecule is Cc1nc2ccccc2cc1[C@H](C)N1C(=O)c2ccccc2C1=O. The number of carbonyl (C=O) groups is 2. The van der Waals surface area contributed by atoms with E-state index in [2.05, 4.69) is 4.98 Å². The number of fused-ring (bicyclic) bond motifs is 2. The highest BCUT2D eigenvalue weighted by molar-refractivity contribution is 6.21. The maximum Gasteiger partial charge on any atom is 0.262 e. The summed E-state index contributed by atoms with van der Waals surface area (Å²) in [5.41, 5.74) is 3.58. The summed E-state index contributed by atoms with van der Waals surface area (Å²) in [6.07, 6.45) is 0. The highest BCUT2D eigenvalue weighted by Crippen LogP contribution is 2.33. The molecule has 1 aliphatic rings. The summed E-state index contributed by atoms with van der Waals surface area (Å²) in [7, 11) is 0. The van der Waals surface area contributed by atoms with Crippen LogP contribution in [0.1, 0.15) is 44.9 Å². The second kappa shape index (κ2) is 5.27. The number of nitrogens with zero attached hydrogens (tertiary/aromatic N) is 2. The van der Waals surface area contributed by atoms with E-state index in [4.69, 9.17) is 0 Å². The zero-order chi connectivity index (χ0) is 16.8. The first-order valence-corrected chi connectivity index (χ1v) is 7.91. The number of hydrogen-bond acceptors (Lipinski definition) is 3. The molecular weight excluding hydrogens is 300 g/mol. The number of rotatable bonds is 2. The number of hydrogen-bond donors (Lipinski definition) is 0. The number of benzene rings is 2. The summed E-state index contributed by atoms with van der Waals surface area (Å²) in [5.74, 6) is -0.480. The van der Waals surface area contributed by atoms with Crippen molar-refractivity contribution in [3.8, 4) is 0 Å². The third-order valence-electron chi connectivity index (χ3n) is 4.62. The summed E-state index contributed by atoms with van der Waals surface area (Å²) in [5, 5.41) is 1.00. The smallest absolute Gasteiger partial charge is 0.262 e. The van der Waals surface area contributed by atoms with E-state index in [0.717, 1.165) is 22.2 Å². The summed E-state index contributed by atoms with van der Waals surface area (Å²) < 4.78 is 0. The van der Waals surface area contributed by atoms with Crippen LogP contribution in [0.25, 0.3) is 10.9 Å². The minimum atomic E-state index is -0.366. The number of aryl methyl sites for hydroxylation is 1. The Hall–Kier alpha value is -3.01. The van der Waals surface area contributed by atoms with Crippen molar-refractivity contribution in [3.63, 3.8) is 0 Å². The minimum Gasteiger partial charge on any atom is -0.269 e. The van der Waals surface area contributed by atoms with Gasteiger partial charge in [-0.3, -0.25) is 19.5 Å². The van der Waals surface area contributed by atoms with Crippen LogP contribution >= 0.6 is 0 Å². The highest BCUT2D eigenvalue weighted by atomic mass is 16.2. The molecule has 0 saturated carbocycles. The fraction of sp³-hybridized carbons (Fsp3) is 0.150. The van der Waals surface area contributed by atoms with E-state index in [-0.39, 0.29) is 17.9 Å². The van der Waals surface area contributed by atoms with E-state index in [1.54, 1.807) is 24.3 Å². The van der Waals surface area contributed by atoms with Crippen molar-refractivity contribution in [3.05, 3.63) is 77.0 Å². The summed E-state index contributed by atoms with van der Waals surface area (Å²) >= 11 is 0. The fourth-order valence-electron chi connectivity index (χ4n) is 3.35. The van der Waals surface area contributed by atoms with Crippen molar-refractivity contribution in [2.45, 2.75) is 19.9 Å². The Morgan fingerprint density at radius 2 is 1.50 bits per heavy atom. The Labute approximate surface area is 139 Å². The van der Waals surface area contributed by atoms with Gasteiger partial charge in [0, 0.05) is 11.1 Å². The van der Waals surface area contributed by atoms with Crippen LogP contribution in [-0.2, 0) is 0 Å². The van der Waals surface area contributed by atoms with Gasteiger partial charge in [-0.25, -0.2) is 0 Å². The lowest BCUT2D eigenvalue weighted by Crippen LogP contribution is -2.33. The van der Waals surface area contributed by atoms with Crippen LogP contribution in [-0.4, -0.2) is 21.7 Å². The number of imide groups is 1. The Kier molecular flexibility index (Phi) is 3.20. The average molecular weight is 316 g/mol. The molecule has 0 radical (unpaired) electrons. The lowest BCUT2D eigenvalue weighted by Gasteiger charge is -2.24. The highest BCUT2D eigenvalue weighted by Gasteiger charge is 2.39. The topological polar surface area (TPSA) is 50.3 Å². The predicted molar refractivity (Wildman–Crippen MR) is 91.8 cm³/mol. The molecule has 1 aliphatic heterocycles. The molecule has 4 rings (SSSR count). The van der Waals surface area contributed by atoms with Gasteiger partial charge >= 0.3 is 0 Å². The quantitative estimate of drug-likeness (QED) is 0.674. The number of aromatic nitrogens is 1. The molecule has 0 saturated heterocycles. The number of para-hydroxylation sites is 1. The van der Waals surface area contributed by atoms with Gasteiger partial charge in [-0.2, -0.15) is 0 Å². The second-order valence-electron chi connectivity index (χ2n) is 6.06. The fourth-order valence-corrected chi connectivity index (χ4v) is 3.35. The zero-order valence-corrected chi connectivity index (χ0v) is 13.5. The molecule has 3 aromatic rings. The lowest BCUT2D eigenvalue weighted by molar-refractivity contribution is 0.0595. The molecule has 0 bridgehead atoms. The third kappa shape index (κ3) is 2.03. The largest absolute Gasteiger partial charge is 0.269 e. The molecule has 2 aromatic carbocycles. The van der Waals surface area contributed by atoms with E-state index < -0.39 is 0 Å². The zero-order valence-electron chi connectivity index (χ0n) is 13.5. The van der Waals surface area contributed by atoms with Crippen molar-refractivity contribution in [1.29, 1.82) is 0 Å². The molecule has 1 atom stereocenters. The molecule has 1 aromatic heterocycles. The number of carbonyl (C=O) groups excluding carboxylic acids is 2. The summed E-state index contributed by atoms with van der Waals surface area (Å²) in [4.78, 5) is 31.3. The van der Waals surface area contributed by atoms with E-state index in [1.807, 2.05) is 44.2 Å². The van der Waals surface area contributed by atoms with Gasteiger partial charge in [-0.15, -0.1) is 0 Å². The molecule has 0 spiro atoms. The number of pyridine rings is 1. The van der Waals surface area contributed by atoms with E-state index in [0.29, 0.717) is 11.1 Å². The molecule has 4 heteroatoms. The first-order valence-electron chi connectivity index (χ1n) is 7.91. The van der Waals surface area contributed by atoms with Crippen molar-refractivity contribution in [2.75, 3.05) is 0 Å². The Morgan fingerprint density at radius 1 is 0.917 bits per heavy atom. The van der Waals surface area contributed by atoms with Crippen LogP contribution in [0.15, 0.2) is 54.6 Å². The molecule has 24 heavy (non-hydrogen) atoms. The van der Waals surface area contributed by atoms with E-state index in [1.165, 1.54) is 4.90 Å². The van der Waals surface area contributed by atoms with Gasteiger partial charge in [-0.1, -0.05) is 30.3 Å². The van der Waals surface area contributed by atoms with Crippen molar-refractivity contribution < 1.29 is 9.59 Å². The molecular formula is C20H16N2O2. The van der Waals surface area contributed by atoms with Gasteiger partial charge in [0.15, 0.2) is 0 Å². The lowest BCUT2D eigenvalue weighted by atomic mass is 10.0. The van der Waals surface area contributed by atoms with Crippen LogP contribution in [0.2, 0.25) is 0 Å². The van der Waals surface area contributed by atoms with Crippen molar-refractivity contribution >= 4 is 22.7 Å². The van der Waals surface area contributed by atoms with Crippen LogP contribution in [0.3, 0.4) is 0 Å². The van der Waals surface area contributed by atoms with Crippen LogP contribution < -0.4 is 0 Å².